The van der Waals surface area contributed by atoms with E-state index in [-0.39, 0.29) is 5.56 Å². The van der Waals surface area contributed by atoms with Crippen molar-refractivity contribution in [2.24, 2.45) is 0 Å². The molecule has 0 aliphatic rings. The summed E-state index contributed by atoms with van der Waals surface area (Å²) in [6, 6.07) is 2.64. The van der Waals surface area contributed by atoms with Gasteiger partial charge in [0.1, 0.15) is 6.54 Å². The normalized spacial score (nSPS) is 11.4. The van der Waals surface area contributed by atoms with Gasteiger partial charge in [0.05, 0.1) is 5.56 Å². The van der Waals surface area contributed by atoms with Crippen LogP contribution in [0.5, 0.6) is 0 Å². The Kier molecular flexibility index (Phi) is 7.53. The highest BCUT2D eigenvalue weighted by Crippen LogP contribution is 2.29. The van der Waals surface area contributed by atoms with Crippen molar-refractivity contribution in [3.8, 4) is 0 Å². The van der Waals surface area contributed by atoms with Gasteiger partial charge in [-0.1, -0.05) is 0 Å². The Morgan fingerprint density at radius 2 is 1.57 bits per heavy atom. The van der Waals surface area contributed by atoms with E-state index in [9.17, 15) is 32.3 Å². The lowest BCUT2D eigenvalue weighted by Gasteiger charge is -2.20. The molecule has 0 bridgehead atoms. The molecule has 0 aromatic heterocycles. The number of amides is 4. The summed E-state index contributed by atoms with van der Waals surface area (Å²) in [4.78, 5) is 46.3. The molecule has 0 unspecified atom stereocenters. The first kappa shape index (κ1) is 22.9. The van der Waals surface area contributed by atoms with Crippen molar-refractivity contribution in [2.75, 3.05) is 13.2 Å². The van der Waals surface area contributed by atoms with E-state index in [1.807, 2.05) is 5.32 Å². The number of alkyl halides is 3. The summed E-state index contributed by atoms with van der Waals surface area (Å²) >= 11 is 0. The predicted octanol–water partition coefficient (Wildman–Crippen LogP) is 1.60. The quantitative estimate of drug-likeness (QED) is 0.647. The van der Waals surface area contributed by atoms with Crippen LogP contribution in [0.2, 0.25) is 0 Å². The second-order valence-corrected chi connectivity index (χ2v) is 6.67. The fraction of sp³-hybridized carbons (Fsp3) is 0.412. The average Bonchev–Trinajstić information content (AvgIpc) is 2.55. The van der Waals surface area contributed by atoms with Crippen molar-refractivity contribution in [3.63, 3.8) is 0 Å². The standard InChI is InChI=1S/C17H20F3N3O5/c1-16(2,3)23-15(27)22-12(24)9-28-13(25)8-21-14(26)10-4-6-11(7-5-10)17(18,19)20/h4-7H,8-9H2,1-3H3,(H,21,26)(H2,22,23,24,27). The molecule has 8 nitrogen and oxygen atoms in total. The molecule has 0 aliphatic heterocycles. The van der Waals surface area contributed by atoms with Crippen molar-refractivity contribution in [1.82, 2.24) is 16.0 Å². The summed E-state index contributed by atoms with van der Waals surface area (Å²) in [7, 11) is 0. The van der Waals surface area contributed by atoms with E-state index in [2.05, 4.69) is 15.4 Å². The number of urea groups is 1. The SMILES string of the molecule is CC(C)(C)NC(=O)NC(=O)COC(=O)CNC(=O)c1ccc(C(F)(F)F)cc1. The number of hydrogen-bond donors (Lipinski definition) is 3. The fourth-order valence-corrected chi connectivity index (χ4v) is 1.80. The summed E-state index contributed by atoms with van der Waals surface area (Å²) in [5.41, 5.74) is -1.56. The molecule has 0 aliphatic carbocycles. The van der Waals surface area contributed by atoms with Gasteiger partial charge in [-0.2, -0.15) is 13.2 Å². The Hall–Kier alpha value is -3.11. The zero-order valence-corrected chi connectivity index (χ0v) is 15.4. The van der Waals surface area contributed by atoms with Crippen molar-refractivity contribution in [1.29, 1.82) is 0 Å². The molecule has 0 saturated heterocycles. The van der Waals surface area contributed by atoms with Crippen LogP contribution in [0, 0.1) is 0 Å². The minimum Gasteiger partial charge on any atom is -0.454 e. The molecule has 1 rings (SSSR count). The molecule has 154 valence electrons. The topological polar surface area (TPSA) is 114 Å². The number of carbonyl (C=O) groups excluding carboxylic acids is 4. The smallest absolute Gasteiger partial charge is 0.416 e. The molecule has 0 saturated carbocycles. The van der Waals surface area contributed by atoms with E-state index in [0.29, 0.717) is 0 Å². The molecule has 0 radical (unpaired) electrons. The maximum absolute atomic E-state index is 12.5. The summed E-state index contributed by atoms with van der Waals surface area (Å²) < 4.78 is 42.0. The maximum atomic E-state index is 12.5. The van der Waals surface area contributed by atoms with Gasteiger partial charge in [-0.3, -0.25) is 19.7 Å². The number of ether oxygens (including phenoxy) is 1. The molecule has 0 spiro atoms. The number of imide groups is 1. The Balaban J connectivity index is 2.39. The van der Waals surface area contributed by atoms with E-state index in [1.54, 1.807) is 20.8 Å². The zero-order chi connectivity index (χ0) is 21.5. The molecule has 3 N–H and O–H groups in total. The molecule has 4 amide bonds. The van der Waals surface area contributed by atoms with Gasteiger partial charge in [-0.15, -0.1) is 0 Å². The third-order valence-electron chi connectivity index (χ3n) is 2.97. The molecular weight excluding hydrogens is 383 g/mol. The van der Waals surface area contributed by atoms with E-state index in [0.717, 1.165) is 24.3 Å². The van der Waals surface area contributed by atoms with Gasteiger partial charge in [0.15, 0.2) is 6.61 Å². The van der Waals surface area contributed by atoms with Gasteiger partial charge in [-0.25, -0.2) is 4.79 Å². The minimum atomic E-state index is -4.52. The van der Waals surface area contributed by atoms with Gasteiger partial charge in [0, 0.05) is 11.1 Å². The number of hydrogen-bond acceptors (Lipinski definition) is 5. The Morgan fingerprint density at radius 1 is 1.00 bits per heavy atom. The predicted molar refractivity (Wildman–Crippen MR) is 91.2 cm³/mol. The van der Waals surface area contributed by atoms with E-state index >= 15 is 0 Å². The van der Waals surface area contributed by atoms with Gasteiger partial charge in [-0.05, 0) is 45.0 Å². The van der Waals surface area contributed by atoms with Crippen LogP contribution in [-0.2, 0) is 20.5 Å². The lowest BCUT2D eigenvalue weighted by Crippen LogP contribution is -2.49. The number of halogens is 3. The molecule has 0 fully saturated rings. The molecule has 11 heteroatoms. The highest BCUT2D eigenvalue weighted by atomic mass is 19.4. The summed E-state index contributed by atoms with van der Waals surface area (Å²) in [5.74, 6) is -2.63. The first-order chi connectivity index (χ1) is 12.8. The van der Waals surface area contributed by atoms with E-state index in [4.69, 9.17) is 0 Å². The lowest BCUT2D eigenvalue weighted by atomic mass is 10.1. The number of esters is 1. The third kappa shape index (κ3) is 8.52. The van der Waals surface area contributed by atoms with Crippen molar-refractivity contribution in [3.05, 3.63) is 35.4 Å². The van der Waals surface area contributed by atoms with Crippen LogP contribution < -0.4 is 16.0 Å². The Morgan fingerprint density at radius 3 is 2.07 bits per heavy atom. The first-order valence-corrected chi connectivity index (χ1v) is 8.01. The van der Waals surface area contributed by atoms with Gasteiger partial charge in [0.25, 0.3) is 11.8 Å². The van der Waals surface area contributed by atoms with Crippen LogP contribution in [0.15, 0.2) is 24.3 Å². The molecule has 0 heterocycles. The number of benzene rings is 1. The number of nitrogens with one attached hydrogen (secondary N) is 3. The molecular formula is C17H20F3N3O5. The molecule has 1 aromatic rings. The second-order valence-electron chi connectivity index (χ2n) is 6.67. The summed E-state index contributed by atoms with van der Waals surface area (Å²) in [6.45, 7) is 3.76. The lowest BCUT2D eigenvalue weighted by molar-refractivity contribution is -0.147. The van der Waals surface area contributed by atoms with Gasteiger partial charge in [0.2, 0.25) is 0 Å². The van der Waals surface area contributed by atoms with Crippen LogP contribution in [0.4, 0.5) is 18.0 Å². The zero-order valence-electron chi connectivity index (χ0n) is 15.4. The van der Waals surface area contributed by atoms with E-state index < -0.39 is 54.2 Å². The first-order valence-electron chi connectivity index (χ1n) is 8.01. The van der Waals surface area contributed by atoms with Crippen LogP contribution in [0.1, 0.15) is 36.7 Å². The fourth-order valence-electron chi connectivity index (χ4n) is 1.80. The van der Waals surface area contributed by atoms with Crippen LogP contribution in [-0.4, -0.2) is 42.5 Å². The maximum Gasteiger partial charge on any atom is 0.416 e. The van der Waals surface area contributed by atoms with E-state index in [1.165, 1.54) is 0 Å². The van der Waals surface area contributed by atoms with Gasteiger partial charge >= 0.3 is 18.2 Å². The van der Waals surface area contributed by atoms with Crippen molar-refractivity contribution < 1.29 is 37.1 Å². The molecule has 28 heavy (non-hydrogen) atoms. The highest BCUT2D eigenvalue weighted by Gasteiger charge is 2.30. The molecule has 0 atom stereocenters. The molecule has 1 aromatic carbocycles. The summed E-state index contributed by atoms with van der Waals surface area (Å²) in [5, 5.41) is 6.57. The Bertz CT molecular complexity index is 740. The average molecular weight is 403 g/mol. The van der Waals surface area contributed by atoms with Crippen LogP contribution in [0.3, 0.4) is 0 Å². The van der Waals surface area contributed by atoms with Crippen molar-refractivity contribution in [2.45, 2.75) is 32.5 Å². The number of carbonyl (C=O) groups is 4. The third-order valence-corrected chi connectivity index (χ3v) is 2.97. The van der Waals surface area contributed by atoms with Crippen molar-refractivity contribution >= 4 is 23.8 Å². The van der Waals surface area contributed by atoms with Gasteiger partial charge < -0.3 is 15.4 Å². The summed E-state index contributed by atoms with van der Waals surface area (Å²) in [6.07, 6.45) is -4.52. The minimum absolute atomic E-state index is 0.0857. The second kappa shape index (κ2) is 9.20. The number of rotatable bonds is 5. The monoisotopic (exact) mass is 403 g/mol. The highest BCUT2D eigenvalue weighted by molar-refractivity contribution is 5.97. The van der Waals surface area contributed by atoms with Crippen LogP contribution >= 0.6 is 0 Å². The largest absolute Gasteiger partial charge is 0.454 e. The Labute approximate surface area is 158 Å². The van der Waals surface area contributed by atoms with Crippen LogP contribution in [0.25, 0.3) is 0 Å².